The van der Waals surface area contributed by atoms with Gasteiger partial charge in [-0.2, -0.15) is 10.5 Å². The second-order valence-corrected chi connectivity index (χ2v) is 16.6. The summed E-state index contributed by atoms with van der Waals surface area (Å²) in [5.41, 5.74) is 7.13. The van der Waals surface area contributed by atoms with Crippen LogP contribution in [-0.4, -0.2) is 95.6 Å². The molecule has 270 valence electrons. The van der Waals surface area contributed by atoms with Gasteiger partial charge >= 0.3 is 0 Å². The molecule has 2 saturated carbocycles. The van der Waals surface area contributed by atoms with E-state index < -0.39 is 0 Å². The minimum Gasteiger partial charge on any atom is -0.370 e. The van der Waals surface area contributed by atoms with Gasteiger partial charge in [0, 0.05) is 88.7 Å². The van der Waals surface area contributed by atoms with E-state index in [0.717, 1.165) is 105 Å². The van der Waals surface area contributed by atoms with Crippen molar-refractivity contribution in [1.82, 2.24) is 24.7 Å². The van der Waals surface area contributed by atoms with Crippen molar-refractivity contribution in [2.45, 2.75) is 77.0 Å². The number of fused-ring (bicyclic) bond motifs is 2. The Bertz CT molecular complexity index is 1920. The Kier molecular flexibility index (Phi) is 9.34. The SMILES string of the molecule is CN1CCN(c2cc3c(cn2)CC(=O)C(C#N)=C3N2CCC3(CCC3)CC2)CC1.N#CC1=C(N2CCC3(CCC3)CC2)c2cc(Cl)ncc2CC1=O. The summed E-state index contributed by atoms with van der Waals surface area (Å²) in [7, 11) is 2.15. The maximum Gasteiger partial charge on any atom is 0.179 e. The topological polar surface area (TPSA) is 120 Å². The van der Waals surface area contributed by atoms with Crippen LogP contribution in [-0.2, 0) is 22.4 Å². The summed E-state index contributed by atoms with van der Waals surface area (Å²) >= 11 is 6.07. The molecule has 52 heavy (non-hydrogen) atoms. The highest BCUT2D eigenvalue weighted by Gasteiger charge is 2.43. The number of likely N-dealkylation sites (tertiary alicyclic amines) is 2. The number of piperidine rings is 2. The molecule has 2 spiro atoms. The molecule has 10 nitrogen and oxygen atoms in total. The molecule has 3 aliphatic heterocycles. The molecule has 0 unspecified atom stereocenters. The van der Waals surface area contributed by atoms with E-state index in [2.05, 4.69) is 54.8 Å². The predicted molar refractivity (Wildman–Crippen MR) is 200 cm³/mol. The zero-order chi connectivity index (χ0) is 36.0. The molecule has 2 aromatic heterocycles. The first-order valence-corrected chi connectivity index (χ1v) is 19.5. The van der Waals surface area contributed by atoms with Gasteiger partial charge in [-0.15, -0.1) is 0 Å². The molecular formula is C41H47ClN8O2. The Hall–Kier alpha value is -4.25. The number of Topliss-reactive ketones (excluding diaryl/α,β-unsaturated/α-hetero) is 2. The van der Waals surface area contributed by atoms with Crippen LogP contribution in [0.5, 0.6) is 0 Å². The highest BCUT2D eigenvalue weighted by atomic mass is 35.5. The number of aromatic nitrogens is 2. The molecule has 0 radical (unpaired) electrons. The summed E-state index contributed by atoms with van der Waals surface area (Å²) in [6, 6.07) is 8.31. The smallest absolute Gasteiger partial charge is 0.179 e. The lowest BCUT2D eigenvalue weighted by Crippen LogP contribution is -2.45. The summed E-state index contributed by atoms with van der Waals surface area (Å²) in [4.78, 5) is 43.0. The average molecular weight is 719 g/mol. The Morgan fingerprint density at radius 2 is 1.10 bits per heavy atom. The molecule has 3 saturated heterocycles. The van der Waals surface area contributed by atoms with Gasteiger partial charge in [0.05, 0.1) is 11.4 Å². The van der Waals surface area contributed by atoms with Gasteiger partial charge in [0.25, 0.3) is 0 Å². The van der Waals surface area contributed by atoms with Crippen LogP contribution < -0.4 is 4.90 Å². The van der Waals surface area contributed by atoms with Crippen molar-refractivity contribution in [1.29, 1.82) is 10.5 Å². The number of ketones is 2. The van der Waals surface area contributed by atoms with E-state index in [4.69, 9.17) is 11.6 Å². The molecular weight excluding hydrogens is 672 g/mol. The third kappa shape index (κ3) is 6.39. The van der Waals surface area contributed by atoms with E-state index in [0.29, 0.717) is 21.6 Å². The van der Waals surface area contributed by atoms with Gasteiger partial charge in [-0.3, -0.25) is 9.59 Å². The molecule has 4 aliphatic carbocycles. The van der Waals surface area contributed by atoms with E-state index >= 15 is 0 Å². The molecule has 7 aliphatic rings. The van der Waals surface area contributed by atoms with E-state index in [9.17, 15) is 20.1 Å². The third-order valence-electron chi connectivity index (χ3n) is 13.3. The number of halogens is 1. The second-order valence-electron chi connectivity index (χ2n) is 16.2. The van der Waals surface area contributed by atoms with Crippen LogP contribution in [0, 0.1) is 33.5 Å². The van der Waals surface area contributed by atoms with Crippen molar-refractivity contribution in [3.8, 4) is 12.1 Å². The van der Waals surface area contributed by atoms with Crippen LogP contribution in [0.15, 0.2) is 35.7 Å². The lowest BCUT2D eigenvalue weighted by atomic mass is 9.63. The van der Waals surface area contributed by atoms with Crippen LogP contribution in [0.1, 0.15) is 86.5 Å². The fourth-order valence-electron chi connectivity index (χ4n) is 9.57. The minimum atomic E-state index is -0.108. The molecule has 11 heteroatoms. The average Bonchev–Trinajstić information content (AvgIpc) is 3.13. The van der Waals surface area contributed by atoms with Gasteiger partial charge < -0.3 is 19.6 Å². The first kappa shape index (κ1) is 34.8. The number of piperazine rings is 1. The monoisotopic (exact) mass is 718 g/mol. The fraction of sp³-hybridized carbons (Fsp3) is 0.561. The number of carbonyl (C=O) groups excluding carboxylic acids is 2. The standard InChI is InChI=1S/C23H29N5O.C18H18ClN3O/c1-26-9-11-27(12-10-26)21-14-18-17(16-25-21)13-20(29)19(15-24)22(18)28-7-5-23(6-8-28)3-2-4-23;19-16-9-13-12(11-21-16)8-15(23)14(10-20)17(13)22-6-4-18(5-7-22)2-1-3-18/h14,16H,2-13H2,1H3;9,11H,1-8H2. The minimum absolute atomic E-state index is 0.0620. The fourth-order valence-corrected chi connectivity index (χ4v) is 9.73. The maximum absolute atomic E-state index is 12.7. The lowest BCUT2D eigenvalue weighted by molar-refractivity contribution is -0.115. The zero-order valence-electron chi connectivity index (χ0n) is 30.2. The summed E-state index contributed by atoms with van der Waals surface area (Å²) in [5.74, 6) is 0.796. The van der Waals surface area contributed by atoms with Gasteiger partial charge in [-0.1, -0.05) is 24.4 Å². The van der Waals surface area contributed by atoms with Gasteiger partial charge in [0.2, 0.25) is 0 Å². The summed E-state index contributed by atoms with van der Waals surface area (Å²) < 4.78 is 0. The van der Waals surface area contributed by atoms with Crippen molar-refractivity contribution in [2.75, 3.05) is 64.3 Å². The number of hydrogen-bond donors (Lipinski definition) is 0. The quantitative estimate of drug-likeness (QED) is 0.359. The molecule has 0 aromatic carbocycles. The summed E-state index contributed by atoms with van der Waals surface area (Å²) in [5, 5.41) is 19.7. The second kappa shape index (κ2) is 14.0. The zero-order valence-corrected chi connectivity index (χ0v) is 31.0. The van der Waals surface area contributed by atoms with E-state index in [-0.39, 0.29) is 30.0 Å². The van der Waals surface area contributed by atoms with Gasteiger partial charge in [-0.25, -0.2) is 9.97 Å². The third-order valence-corrected chi connectivity index (χ3v) is 13.5. The number of allylic oxidation sites excluding steroid dienone is 2. The number of likely N-dealkylation sites (N-methyl/N-ethyl adjacent to an activating group) is 1. The first-order chi connectivity index (χ1) is 25.2. The van der Waals surface area contributed by atoms with Crippen LogP contribution in [0.3, 0.4) is 0 Å². The Morgan fingerprint density at radius 3 is 1.54 bits per heavy atom. The van der Waals surface area contributed by atoms with Crippen LogP contribution >= 0.6 is 11.6 Å². The number of pyridine rings is 2. The van der Waals surface area contributed by atoms with Gasteiger partial charge in [0.1, 0.15) is 34.3 Å². The van der Waals surface area contributed by atoms with Crippen LogP contribution in [0.4, 0.5) is 5.82 Å². The molecule has 5 heterocycles. The number of anilines is 1. The lowest BCUT2D eigenvalue weighted by Gasteiger charge is -2.49. The van der Waals surface area contributed by atoms with Crippen molar-refractivity contribution in [2.24, 2.45) is 10.8 Å². The van der Waals surface area contributed by atoms with E-state index in [1.807, 2.05) is 6.20 Å². The van der Waals surface area contributed by atoms with E-state index in [1.54, 1.807) is 12.3 Å². The molecule has 9 rings (SSSR count). The van der Waals surface area contributed by atoms with E-state index in [1.165, 1.54) is 51.4 Å². The van der Waals surface area contributed by atoms with Crippen LogP contribution in [0.2, 0.25) is 5.15 Å². The number of nitrogens with zero attached hydrogens (tertiary/aromatic N) is 8. The molecule has 0 N–H and O–H groups in total. The highest BCUT2D eigenvalue weighted by molar-refractivity contribution is 6.29. The van der Waals surface area contributed by atoms with Crippen molar-refractivity contribution in [3.05, 3.63) is 63.1 Å². The number of hydrogen-bond acceptors (Lipinski definition) is 10. The molecule has 0 bridgehead atoms. The van der Waals surface area contributed by atoms with Gasteiger partial charge in [0.15, 0.2) is 11.6 Å². The normalized spacial score (nSPS) is 23.6. The van der Waals surface area contributed by atoms with Crippen molar-refractivity contribution >= 4 is 40.4 Å². The highest BCUT2D eigenvalue weighted by Crippen LogP contribution is 2.51. The van der Waals surface area contributed by atoms with Crippen LogP contribution in [0.25, 0.3) is 11.4 Å². The predicted octanol–water partition coefficient (Wildman–Crippen LogP) is 5.82. The maximum atomic E-state index is 12.7. The molecule has 0 amide bonds. The Morgan fingerprint density at radius 1 is 0.635 bits per heavy atom. The number of carbonyl (C=O) groups is 2. The summed E-state index contributed by atoms with van der Waals surface area (Å²) in [6.45, 7) is 7.67. The largest absolute Gasteiger partial charge is 0.370 e. The number of nitriles is 2. The molecule has 0 atom stereocenters. The number of rotatable bonds is 3. The van der Waals surface area contributed by atoms with Crippen molar-refractivity contribution < 1.29 is 9.59 Å². The Balaban J connectivity index is 0.000000153. The molecule has 2 aromatic rings. The Labute approximate surface area is 311 Å². The first-order valence-electron chi connectivity index (χ1n) is 19.1. The van der Waals surface area contributed by atoms with Gasteiger partial charge in [-0.05, 0) is 92.5 Å². The van der Waals surface area contributed by atoms with Crippen molar-refractivity contribution in [3.63, 3.8) is 0 Å². The molecule has 5 fully saturated rings. The summed E-state index contributed by atoms with van der Waals surface area (Å²) in [6.07, 6.45) is 16.8.